The van der Waals surface area contributed by atoms with E-state index >= 15 is 0 Å². The van der Waals surface area contributed by atoms with Crippen LogP contribution in [0.15, 0.2) is 29.4 Å². The molecule has 2 amide bonds. The largest absolute Gasteiger partial charge is 0.416 e. The number of nitrogens with one attached hydrogen (secondary N) is 1. The van der Waals surface area contributed by atoms with E-state index in [0.29, 0.717) is 0 Å². The Hall–Kier alpha value is -2.38. The molecule has 0 unspecified atom stereocenters. The maximum Gasteiger partial charge on any atom is 0.416 e. The molecule has 1 aromatic rings. The van der Waals surface area contributed by atoms with E-state index in [1.54, 1.807) is 0 Å². The maximum atomic E-state index is 12.6. The highest BCUT2D eigenvalue weighted by Gasteiger charge is 2.30. The van der Waals surface area contributed by atoms with Crippen LogP contribution in [-0.2, 0) is 15.8 Å². The van der Waals surface area contributed by atoms with Gasteiger partial charge in [0.2, 0.25) is 5.91 Å². The maximum absolute atomic E-state index is 12.6. The molecule has 0 aromatic heterocycles. The van der Waals surface area contributed by atoms with Crippen LogP contribution in [-0.4, -0.2) is 29.6 Å². The van der Waals surface area contributed by atoms with Gasteiger partial charge in [-0.2, -0.15) is 18.3 Å². The van der Waals surface area contributed by atoms with Gasteiger partial charge in [-0.15, -0.1) is 0 Å². The lowest BCUT2D eigenvalue weighted by Gasteiger charge is -2.19. The second-order valence-corrected chi connectivity index (χ2v) is 4.50. The van der Waals surface area contributed by atoms with Crippen LogP contribution in [0, 0.1) is 0 Å². The van der Waals surface area contributed by atoms with Gasteiger partial charge in [-0.25, -0.2) is 5.01 Å². The summed E-state index contributed by atoms with van der Waals surface area (Å²) in [6.07, 6.45) is -4.17. The van der Waals surface area contributed by atoms with Crippen molar-refractivity contribution in [3.63, 3.8) is 0 Å². The molecule has 5 nitrogen and oxygen atoms in total. The molecule has 1 aliphatic heterocycles. The number of alkyl halides is 3. The third-order valence-corrected chi connectivity index (χ3v) is 2.92. The Morgan fingerprint density at radius 1 is 1.33 bits per heavy atom. The van der Waals surface area contributed by atoms with E-state index in [1.165, 1.54) is 19.2 Å². The fourth-order valence-electron chi connectivity index (χ4n) is 1.81. The number of carbonyl (C=O) groups excluding carboxylic acids is 2. The molecule has 1 aliphatic rings. The standard InChI is InChI=1S/C13H12F3N3O2/c1-19-11(20)6-5-10(18-19)12(21)17-9-4-2-3-8(7-9)13(14,15)16/h2-4,7H,5-6H2,1H3,(H,17,21). The molecule has 21 heavy (non-hydrogen) atoms. The fourth-order valence-corrected chi connectivity index (χ4v) is 1.81. The Bertz CT molecular complexity index is 611. The van der Waals surface area contributed by atoms with Gasteiger partial charge >= 0.3 is 6.18 Å². The molecule has 0 bridgehead atoms. The molecule has 0 saturated carbocycles. The summed E-state index contributed by atoms with van der Waals surface area (Å²) in [7, 11) is 1.42. The summed E-state index contributed by atoms with van der Waals surface area (Å²) in [5.74, 6) is -0.834. The first-order chi connectivity index (χ1) is 9.77. The SMILES string of the molecule is CN1N=C(C(=O)Nc2cccc(C(F)(F)F)c2)CCC1=O. The van der Waals surface area contributed by atoms with Crippen molar-refractivity contribution >= 4 is 23.2 Å². The lowest BCUT2D eigenvalue weighted by molar-refractivity contribution is -0.137. The number of anilines is 1. The van der Waals surface area contributed by atoms with Crippen LogP contribution in [0.2, 0.25) is 0 Å². The summed E-state index contributed by atoms with van der Waals surface area (Å²) in [5.41, 5.74) is -0.718. The first-order valence-electron chi connectivity index (χ1n) is 6.10. The van der Waals surface area contributed by atoms with Crippen molar-refractivity contribution in [3.8, 4) is 0 Å². The number of hydrazone groups is 1. The highest BCUT2D eigenvalue weighted by atomic mass is 19.4. The van der Waals surface area contributed by atoms with Crippen LogP contribution < -0.4 is 5.32 Å². The van der Waals surface area contributed by atoms with Gasteiger partial charge in [0, 0.05) is 25.6 Å². The van der Waals surface area contributed by atoms with Gasteiger partial charge in [-0.1, -0.05) is 6.07 Å². The number of benzene rings is 1. The van der Waals surface area contributed by atoms with E-state index in [-0.39, 0.29) is 30.1 Å². The van der Waals surface area contributed by atoms with E-state index in [0.717, 1.165) is 17.1 Å². The topological polar surface area (TPSA) is 61.8 Å². The predicted octanol–water partition coefficient (Wildman–Crippen LogP) is 2.25. The van der Waals surface area contributed by atoms with Crippen LogP contribution in [0.25, 0.3) is 0 Å². The van der Waals surface area contributed by atoms with E-state index in [4.69, 9.17) is 0 Å². The molecule has 8 heteroatoms. The molecule has 0 radical (unpaired) electrons. The third-order valence-electron chi connectivity index (χ3n) is 2.92. The Morgan fingerprint density at radius 2 is 2.05 bits per heavy atom. The van der Waals surface area contributed by atoms with Crippen LogP contribution in [0.1, 0.15) is 18.4 Å². The minimum absolute atomic E-state index is 0.0251. The Kier molecular flexibility index (Phi) is 3.97. The molecule has 0 atom stereocenters. The van der Waals surface area contributed by atoms with Crippen LogP contribution in [0.4, 0.5) is 18.9 Å². The van der Waals surface area contributed by atoms with Gasteiger partial charge in [-0.05, 0) is 18.2 Å². The number of nitrogens with zero attached hydrogens (tertiary/aromatic N) is 2. The summed E-state index contributed by atoms with van der Waals surface area (Å²) in [5, 5.41) is 7.19. The van der Waals surface area contributed by atoms with Crippen molar-refractivity contribution in [2.75, 3.05) is 12.4 Å². The zero-order valence-electron chi connectivity index (χ0n) is 11.1. The number of amides is 2. The van der Waals surface area contributed by atoms with Crippen LogP contribution in [0.5, 0.6) is 0 Å². The number of carbonyl (C=O) groups is 2. The molecule has 0 fully saturated rings. The Morgan fingerprint density at radius 3 is 2.67 bits per heavy atom. The monoisotopic (exact) mass is 299 g/mol. The van der Waals surface area contributed by atoms with Crippen molar-refractivity contribution in [2.24, 2.45) is 5.10 Å². The van der Waals surface area contributed by atoms with E-state index in [9.17, 15) is 22.8 Å². The van der Waals surface area contributed by atoms with E-state index in [2.05, 4.69) is 10.4 Å². The lowest BCUT2D eigenvalue weighted by atomic mass is 10.1. The zero-order valence-corrected chi connectivity index (χ0v) is 11.1. The summed E-state index contributed by atoms with van der Waals surface area (Å²) >= 11 is 0. The summed E-state index contributed by atoms with van der Waals surface area (Å²) in [6.45, 7) is 0. The molecule has 1 heterocycles. The van der Waals surface area contributed by atoms with Crippen LogP contribution in [0.3, 0.4) is 0 Å². The number of hydrogen-bond donors (Lipinski definition) is 1. The summed E-state index contributed by atoms with van der Waals surface area (Å²) in [4.78, 5) is 23.2. The predicted molar refractivity (Wildman–Crippen MR) is 69.5 cm³/mol. The highest BCUT2D eigenvalue weighted by molar-refractivity contribution is 6.43. The average molecular weight is 299 g/mol. The first-order valence-corrected chi connectivity index (χ1v) is 6.10. The summed E-state index contributed by atoms with van der Waals surface area (Å²) < 4.78 is 37.7. The smallest absolute Gasteiger partial charge is 0.321 e. The van der Waals surface area contributed by atoms with Crippen molar-refractivity contribution in [3.05, 3.63) is 29.8 Å². The molecule has 1 aromatic carbocycles. The number of halogens is 3. The molecule has 112 valence electrons. The molecule has 0 spiro atoms. The number of rotatable bonds is 2. The molecule has 0 aliphatic carbocycles. The van der Waals surface area contributed by atoms with Gasteiger partial charge < -0.3 is 5.32 Å². The first kappa shape index (κ1) is 15.0. The zero-order chi connectivity index (χ0) is 15.6. The minimum atomic E-state index is -4.48. The average Bonchev–Trinajstić information content (AvgIpc) is 2.41. The van der Waals surface area contributed by atoms with Gasteiger partial charge in [0.15, 0.2) is 0 Å². The minimum Gasteiger partial charge on any atom is -0.321 e. The van der Waals surface area contributed by atoms with Crippen molar-refractivity contribution in [2.45, 2.75) is 19.0 Å². The third kappa shape index (κ3) is 3.59. The normalized spacial score (nSPS) is 15.7. The van der Waals surface area contributed by atoms with Gasteiger partial charge in [0.1, 0.15) is 5.71 Å². The highest BCUT2D eigenvalue weighted by Crippen LogP contribution is 2.30. The quantitative estimate of drug-likeness (QED) is 0.910. The van der Waals surface area contributed by atoms with Crippen molar-refractivity contribution in [1.82, 2.24) is 5.01 Å². The molecule has 0 saturated heterocycles. The van der Waals surface area contributed by atoms with Gasteiger partial charge in [0.25, 0.3) is 5.91 Å². The fraction of sp³-hybridized carbons (Fsp3) is 0.308. The lowest BCUT2D eigenvalue weighted by Crippen LogP contribution is -2.34. The van der Waals surface area contributed by atoms with Crippen molar-refractivity contribution in [1.29, 1.82) is 0 Å². The second kappa shape index (κ2) is 5.55. The van der Waals surface area contributed by atoms with Gasteiger partial charge in [0.05, 0.1) is 5.56 Å². The Labute approximate surface area is 118 Å². The molecular formula is C13H12F3N3O2. The van der Waals surface area contributed by atoms with E-state index < -0.39 is 17.6 Å². The Balaban J connectivity index is 2.14. The molecule has 1 N–H and O–H groups in total. The van der Waals surface area contributed by atoms with E-state index in [1.807, 2.05) is 0 Å². The van der Waals surface area contributed by atoms with Crippen molar-refractivity contribution < 1.29 is 22.8 Å². The number of hydrogen-bond acceptors (Lipinski definition) is 3. The molecule has 2 rings (SSSR count). The van der Waals surface area contributed by atoms with Gasteiger partial charge in [-0.3, -0.25) is 9.59 Å². The molecular weight excluding hydrogens is 287 g/mol. The van der Waals surface area contributed by atoms with Crippen LogP contribution >= 0.6 is 0 Å². The second-order valence-electron chi connectivity index (χ2n) is 4.50. The summed E-state index contributed by atoms with van der Waals surface area (Å²) in [6, 6.07) is 4.32.